The zero-order chi connectivity index (χ0) is 10.4. The number of aromatic nitrogens is 1. The van der Waals surface area contributed by atoms with Gasteiger partial charge in [0.2, 0.25) is 5.88 Å². The molecule has 1 N–H and O–H groups in total. The van der Waals surface area contributed by atoms with Crippen LogP contribution in [0.4, 0.5) is 0 Å². The Hall–Kier alpha value is -1.09. The molecule has 78 valence electrons. The Morgan fingerprint density at radius 2 is 2.36 bits per heavy atom. The Morgan fingerprint density at radius 3 is 2.93 bits per heavy atom. The van der Waals surface area contributed by atoms with E-state index in [0.29, 0.717) is 6.04 Å². The van der Waals surface area contributed by atoms with Gasteiger partial charge in [-0.25, -0.2) is 4.98 Å². The van der Waals surface area contributed by atoms with E-state index in [-0.39, 0.29) is 0 Å². The minimum atomic E-state index is 0.337. The van der Waals surface area contributed by atoms with Crippen molar-refractivity contribution in [2.75, 3.05) is 14.2 Å². The highest BCUT2D eigenvalue weighted by atomic mass is 16.5. The van der Waals surface area contributed by atoms with Crippen molar-refractivity contribution in [2.45, 2.75) is 25.8 Å². The van der Waals surface area contributed by atoms with E-state index in [1.54, 1.807) is 13.3 Å². The second-order valence-electron chi connectivity index (χ2n) is 3.23. The molecule has 0 aliphatic carbocycles. The third-order valence-corrected chi connectivity index (χ3v) is 2.30. The Kier molecular flexibility index (Phi) is 4.40. The first-order chi connectivity index (χ1) is 6.83. The largest absolute Gasteiger partial charge is 0.481 e. The van der Waals surface area contributed by atoms with E-state index in [4.69, 9.17) is 4.74 Å². The van der Waals surface area contributed by atoms with Gasteiger partial charge in [0.25, 0.3) is 0 Å². The van der Waals surface area contributed by atoms with Crippen LogP contribution in [0.25, 0.3) is 0 Å². The number of rotatable bonds is 5. The van der Waals surface area contributed by atoms with Crippen LogP contribution < -0.4 is 10.1 Å². The quantitative estimate of drug-likeness (QED) is 0.780. The van der Waals surface area contributed by atoms with E-state index in [1.165, 1.54) is 0 Å². The summed E-state index contributed by atoms with van der Waals surface area (Å²) in [7, 11) is 3.62. The molecule has 1 unspecified atom stereocenters. The zero-order valence-corrected chi connectivity index (χ0v) is 9.08. The van der Waals surface area contributed by atoms with Crippen LogP contribution >= 0.6 is 0 Å². The highest BCUT2D eigenvalue weighted by Gasteiger charge is 2.13. The second kappa shape index (κ2) is 5.60. The summed E-state index contributed by atoms with van der Waals surface area (Å²) in [6.07, 6.45) is 3.99. The zero-order valence-electron chi connectivity index (χ0n) is 9.08. The number of pyridine rings is 1. The Morgan fingerprint density at radius 1 is 1.57 bits per heavy atom. The molecule has 1 atom stereocenters. The van der Waals surface area contributed by atoms with Gasteiger partial charge in [-0.15, -0.1) is 0 Å². The number of nitrogens with one attached hydrogen (secondary N) is 1. The molecular weight excluding hydrogens is 176 g/mol. The Bertz CT molecular complexity index is 276. The van der Waals surface area contributed by atoms with Gasteiger partial charge in [0.05, 0.1) is 7.11 Å². The highest BCUT2D eigenvalue weighted by Crippen LogP contribution is 2.25. The summed E-state index contributed by atoms with van der Waals surface area (Å²) in [5.41, 5.74) is 1.14. The van der Waals surface area contributed by atoms with Crippen LogP contribution in [-0.4, -0.2) is 19.1 Å². The van der Waals surface area contributed by atoms with Gasteiger partial charge < -0.3 is 10.1 Å². The molecule has 0 amide bonds. The van der Waals surface area contributed by atoms with Gasteiger partial charge in [-0.1, -0.05) is 19.4 Å². The molecule has 0 bridgehead atoms. The fraction of sp³-hybridized carbons (Fsp3) is 0.545. The van der Waals surface area contributed by atoms with Gasteiger partial charge in [0.15, 0.2) is 0 Å². The molecule has 0 saturated carbocycles. The summed E-state index contributed by atoms with van der Waals surface area (Å²) in [4.78, 5) is 4.19. The normalized spacial score (nSPS) is 12.5. The van der Waals surface area contributed by atoms with Crippen molar-refractivity contribution < 1.29 is 4.74 Å². The van der Waals surface area contributed by atoms with Crippen LogP contribution in [-0.2, 0) is 0 Å². The monoisotopic (exact) mass is 194 g/mol. The highest BCUT2D eigenvalue weighted by molar-refractivity contribution is 5.28. The van der Waals surface area contributed by atoms with Crippen LogP contribution in [0.1, 0.15) is 31.4 Å². The van der Waals surface area contributed by atoms with Gasteiger partial charge in [0.1, 0.15) is 0 Å². The van der Waals surface area contributed by atoms with Gasteiger partial charge >= 0.3 is 0 Å². The summed E-state index contributed by atoms with van der Waals surface area (Å²) in [6.45, 7) is 2.17. The Balaban J connectivity index is 2.90. The van der Waals surface area contributed by atoms with Gasteiger partial charge in [-0.3, -0.25) is 0 Å². The molecule has 1 rings (SSSR count). The number of ether oxygens (including phenoxy) is 1. The molecule has 0 aromatic carbocycles. The molecule has 0 radical (unpaired) electrons. The molecule has 0 spiro atoms. The molecule has 0 aliphatic heterocycles. The summed E-state index contributed by atoms with van der Waals surface area (Å²) in [5, 5.41) is 3.27. The van der Waals surface area contributed by atoms with Crippen LogP contribution in [0, 0.1) is 0 Å². The summed E-state index contributed by atoms with van der Waals surface area (Å²) in [6, 6.07) is 4.34. The van der Waals surface area contributed by atoms with Gasteiger partial charge in [-0.2, -0.15) is 0 Å². The Labute approximate surface area is 85.5 Å². The predicted molar refractivity (Wildman–Crippen MR) is 57.5 cm³/mol. The molecule has 0 aliphatic rings. The van der Waals surface area contributed by atoms with E-state index >= 15 is 0 Å². The van der Waals surface area contributed by atoms with Crippen molar-refractivity contribution in [3.8, 4) is 5.88 Å². The lowest BCUT2D eigenvalue weighted by atomic mass is 10.0. The lowest BCUT2D eigenvalue weighted by Crippen LogP contribution is -2.17. The minimum Gasteiger partial charge on any atom is -0.481 e. The van der Waals surface area contributed by atoms with Gasteiger partial charge in [0, 0.05) is 17.8 Å². The van der Waals surface area contributed by atoms with Gasteiger partial charge in [-0.05, 0) is 19.5 Å². The fourth-order valence-corrected chi connectivity index (χ4v) is 1.58. The van der Waals surface area contributed by atoms with Crippen LogP contribution in [0.15, 0.2) is 18.3 Å². The molecule has 3 heteroatoms. The number of hydrogen-bond acceptors (Lipinski definition) is 3. The standard InChI is InChI=1S/C11H18N2O/c1-4-6-10(12-2)9-7-5-8-13-11(9)14-3/h5,7-8,10,12H,4,6H2,1-3H3. The summed E-state index contributed by atoms with van der Waals surface area (Å²) >= 11 is 0. The SMILES string of the molecule is CCCC(NC)c1cccnc1OC. The van der Waals surface area contributed by atoms with E-state index in [2.05, 4.69) is 23.3 Å². The van der Waals surface area contributed by atoms with Crippen molar-refractivity contribution in [3.63, 3.8) is 0 Å². The van der Waals surface area contributed by atoms with E-state index in [1.807, 2.05) is 13.1 Å². The van der Waals surface area contributed by atoms with Crippen LogP contribution in [0.5, 0.6) is 5.88 Å². The first-order valence-corrected chi connectivity index (χ1v) is 4.99. The van der Waals surface area contributed by atoms with E-state index in [0.717, 1.165) is 24.3 Å². The fourth-order valence-electron chi connectivity index (χ4n) is 1.58. The van der Waals surface area contributed by atoms with Crippen LogP contribution in [0.2, 0.25) is 0 Å². The van der Waals surface area contributed by atoms with Crippen molar-refractivity contribution in [1.29, 1.82) is 0 Å². The molecule has 1 aromatic rings. The van der Waals surface area contributed by atoms with E-state index < -0.39 is 0 Å². The smallest absolute Gasteiger partial charge is 0.217 e. The second-order valence-corrected chi connectivity index (χ2v) is 3.23. The minimum absolute atomic E-state index is 0.337. The lowest BCUT2D eigenvalue weighted by molar-refractivity contribution is 0.382. The number of nitrogens with zero attached hydrogens (tertiary/aromatic N) is 1. The van der Waals surface area contributed by atoms with Crippen molar-refractivity contribution >= 4 is 0 Å². The molecule has 0 fully saturated rings. The third kappa shape index (κ3) is 2.45. The van der Waals surface area contributed by atoms with Crippen molar-refractivity contribution in [3.05, 3.63) is 23.9 Å². The number of hydrogen-bond donors (Lipinski definition) is 1. The maximum Gasteiger partial charge on any atom is 0.217 e. The maximum absolute atomic E-state index is 5.22. The molecule has 1 heterocycles. The molecule has 3 nitrogen and oxygen atoms in total. The van der Waals surface area contributed by atoms with Crippen molar-refractivity contribution in [1.82, 2.24) is 10.3 Å². The predicted octanol–water partition coefficient (Wildman–Crippen LogP) is 2.15. The third-order valence-electron chi connectivity index (χ3n) is 2.30. The lowest BCUT2D eigenvalue weighted by Gasteiger charge is -2.17. The molecule has 1 aromatic heterocycles. The molecule has 14 heavy (non-hydrogen) atoms. The first-order valence-electron chi connectivity index (χ1n) is 4.99. The van der Waals surface area contributed by atoms with Crippen molar-refractivity contribution in [2.24, 2.45) is 0 Å². The van der Waals surface area contributed by atoms with Crippen LogP contribution in [0.3, 0.4) is 0 Å². The van der Waals surface area contributed by atoms with E-state index in [9.17, 15) is 0 Å². The summed E-state index contributed by atoms with van der Waals surface area (Å²) < 4.78 is 5.22. The summed E-state index contributed by atoms with van der Waals surface area (Å²) in [5.74, 6) is 0.723. The average Bonchev–Trinajstić information content (AvgIpc) is 2.26. The molecular formula is C11H18N2O. The first kappa shape index (κ1) is 11.0. The molecule has 0 saturated heterocycles. The average molecular weight is 194 g/mol. The number of methoxy groups -OCH3 is 1. The topological polar surface area (TPSA) is 34.2 Å². The maximum atomic E-state index is 5.22.